The summed E-state index contributed by atoms with van der Waals surface area (Å²) in [5.74, 6) is 0. The molecule has 2 N–H and O–H groups in total. The molecule has 0 bridgehead atoms. The molecule has 13 heavy (non-hydrogen) atoms. The molecule has 1 unspecified atom stereocenters. The molecule has 0 amide bonds. The second-order valence-electron chi connectivity index (χ2n) is 3.68. The van der Waals surface area contributed by atoms with Crippen molar-refractivity contribution in [1.82, 2.24) is 5.32 Å². The van der Waals surface area contributed by atoms with Crippen LogP contribution in [-0.2, 0) is 9.47 Å². The van der Waals surface area contributed by atoms with Gasteiger partial charge in [-0.15, -0.1) is 0 Å². The number of rotatable bonds is 6. The molecule has 0 saturated carbocycles. The monoisotopic (exact) mass is 189 g/mol. The first-order chi connectivity index (χ1) is 6.16. The van der Waals surface area contributed by atoms with Crippen LogP contribution in [-0.4, -0.2) is 49.7 Å². The van der Waals surface area contributed by atoms with Crippen LogP contribution < -0.4 is 5.32 Å². The average molecular weight is 189 g/mol. The van der Waals surface area contributed by atoms with Gasteiger partial charge < -0.3 is 19.9 Å². The maximum Gasteiger partial charge on any atom is 0.101 e. The van der Waals surface area contributed by atoms with Gasteiger partial charge in [0.1, 0.15) is 6.10 Å². The van der Waals surface area contributed by atoms with E-state index in [9.17, 15) is 5.11 Å². The summed E-state index contributed by atoms with van der Waals surface area (Å²) in [6.45, 7) is 7.04. The number of hydrogen-bond acceptors (Lipinski definition) is 4. The highest BCUT2D eigenvalue weighted by Gasteiger charge is 2.32. The number of ether oxygens (including phenoxy) is 2. The van der Waals surface area contributed by atoms with Gasteiger partial charge in [-0.05, 0) is 13.8 Å². The van der Waals surface area contributed by atoms with Gasteiger partial charge in [0, 0.05) is 19.7 Å². The van der Waals surface area contributed by atoms with Crippen LogP contribution in [0.15, 0.2) is 0 Å². The summed E-state index contributed by atoms with van der Waals surface area (Å²) in [6, 6.07) is 0. The summed E-state index contributed by atoms with van der Waals surface area (Å²) >= 11 is 0. The minimum atomic E-state index is -0.502. The Balaban J connectivity index is 2.03. The molecule has 4 nitrogen and oxygen atoms in total. The number of hydrogen-bond donors (Lipinski definition) is 2. The van der Waals surface area contributed by atoms with Crippen molar-refractivity contribution in [3.05, 3.63) is 0 Å². The molecular formula is C9H19NO3. The summed E-state index contributed by atoms with van der Waals surface area (Å²) in [7, 11) is 0. The Morgan fingerprint density at radius 3 is 2.62 bits per heavy atom. The SMILES string of the molecule is CCOCC(O)COC1(C)CNC1. The van der Waals surface area contributed by atoms with E-state index in [1.165, 1.54) is 0 Å². The van der Waals surface area contributed by atoms with Crippen molar-refractivity contribution in [3.63, 3.8) is 0 Å². The number of aliphatic hydroxyl groups is 1. The van der Waals surface area contributed by atoms with Gasteiger partial charge in [-0.3, -0.25) is 0 Å². The lowest BCUT2D eigenvalue weighted by molar-refractivity contribution is -0.108. The molecule has 0 spiro atoms. The van der Waals surface area contributed by atoms with E-state index in [2.05, 4.69) is 5.32 Å². The second-order valence-corrected chi connectivity index (χ2v) is 3.68. The third-order valence-electron chi connectivity index (χ3n) is 2.14. The number of nitrogens with one attached hydrogen (secondary N) is 1. The molecule has 1 fully saturated rings. The van der Waals surface area contributed by atoms with Gasteiger partial charge in [0.15, 0.2) is 0 Å². The summed E-state index contributed by atoms with van der Waals surface area (Å²) in [6.07, 6.45) is -0.502. The van der Waals surface area contributed by atoms with Crippen LogP contribution in [0.2, 0.25) is 0 Å². The van der Waals surface area contributed by atoms with Crippen LogP contribution in [0.25, 0.3) is 0 Å². The minimum absolute atomic E-state index is 0.0762. The third kappa shape index (κ3) is 3.60. The zero-order chi connectivity index (χ0) is 9.73. The van der Waals surface area contributed by atoms with Gasteiger partial charge in [-0.25, -0.2) is 0 Å². The van der Waals surface area contributed by atoms with Crippen molar-refractivity contribution < 1.29 is 14.6 Å². The van der Waals surface area contributed by atoms with E-state index in [0.717, 1.165) is 13.1 Å². The fraction of sp³-hybridized carbons (Fsp3) is 1.00. The lowest BCUT2D eigenvalue weighted by Crippen LogP contribution is -2.59. The van der Waals surface area contributed by atoms with Gasteiger partial charge in [0.25, 0.3) is 0 Å². The van der Waals surface area contributed by atoms with E-state index in [1.54, 1.807) is 0 Å². The molecule has 1 saturated heterocycles. The highest BCUT2D eigenvalue weighted by molar-refractivity contribution is 4.90. The summed E-state index contributed by atoms with van der Waals surface area (Å²) in [5, 5.41) is 12.5. The Kier molecular flexibility index (Phi) is 4.12. The maximum absolute atomic E-state index is 9.39. The Morgan fingerprint density at radius 1 is 1.46 bits per heavy atom. The molecule has 1 aliphatic heterocycles. The molecule has 4 heteroatoms. The topological polar surface area (TPSA) is 50.7 Å². The molecule has 0 aliphatic carbocycles. The highest BCUT2D eigenvalue weighted by atomic mass is 16.5. The van der Waals surface area contributed by atoms with E-state index in [4.69, 9.17) is 9.47 Å². The average Bonchev–Trinajstić information content (AvgIpc) is 2.08. The van der Waals surface area contributed by atoms with Crippen molar-refractivity contribution >= 4 is 0 Å². The van der Waals surface area contributed by atoms with Crippen LogP contribution in [0.4, 0.5) is 0 Å². The smallest absolute Gasteiger partial charge is 0.101 e. The van der Waals surface area contributed by atoms with Crippen LogP contribution in [0.1, 0.15) is 13.8 Å². The van der Waals surface area contributed by atoms with E-state index in [-0.39, 0.29) is 5.60 Å². The second kappa shape index (κ2) is 4.91. The van der Waals surface area contributed by atoms with E-state index < -0.39 is 6.10 Å². The van der Waals surface area contributed by atoms with Gasteiger partial charge in [-0.2, -0.15) is 0 Å². The highest BCUT2D eigenvalue weighted by Crippen LogP contribution is 2.15. The molecule has 0 aromatic rings. The molecule has 1 rings (SSSR count). The van der Waals surface area contributed by atoms with E-state index >= 15 is 0 Å². The summed E-state index contributed by atoms with van der Waals surface area (Å²) < 4.78 is 10.6. The Morgan fingerprint density at radius 2 is 2.15 bits per heavy atom. The van der Waals surface area contributed by atoms with Gasteiger partial charge >= 0.3 is 0 Å². The Hall–Kier alpha value is -0.160. The van der Waals surface area contributed by atoms with Crippen LogP contribution in [0.3, 0.4) is 0 Å². The van der Waals surface area contributed by atoms with E-state index in [1.807, 2.05) is 13.8 Å². The fourth-order valence-corrected chi connectivity index (χ4v) is 1.18. The fourth-order valence-electron chi connectivity index (χ4n) is 1.18. The maximum atomic E-state index is 9.39. The predicted molar refractivity (Wildman–Crippen MR) is 49.7 cm³/mol. The first kappa shape index (κ1) is 10.9. The van der Waals surface area contributed by atoms with Gasteiger partial charge in [-0.1, -0.05) is 0 Å². The number of aliphatic hydroxyl groups excluding tert-OH is 1. The van der Waals surface area contributed by atoms with Gasteiger partial charge in [0.2, 0.25) is 0 Å². The molecule has 1 aliphatic rings. The van der Waals surface area contributed by atoms with Crippen LogP contribution in [0, 0.1) is 0 Å². The van der Waals surface area contributed by atoms with Crippen molar-refractivity contribution in [2.75, 3.05) is 32.9 Å². The molecule has 1 atom stereocenters. The lowest BCUT2D eigenvalue weighted by Gasteiger charge is -2.39. The quantitative estimate of drug-likeness (QED) is 0.605. The van der Waals surface area contributed by atoms with E-state index in [0.29, 0.717) is 19.8 Å². The normalized spacial score (nSPS) is 22.4. The molecule has 1 heterocycles. The Bertz CT molecular complexity index is 148. The molecular weight excluding hydrogens is 170 g/mol. The molecule has 78 valence electrons. The van der Waals surface area contributed by atoms with Crippen LogP contribution >= 0.6 is 0 Å². The first-order valence-corrected chi connectivity index (χ1v) is 4.77. The van der Waals surface area contributed by atoms with Crippen LogP contribution in [0.5, 0.6) is 0 Å². The van der Waals surface area contributed by atoms with Gasteiger partial charge in [0.05, 0.1) is 18.8 Å². The van der Waals surface area contributed by atoms with Crippen molar-refractivity contribution in [1.29, 1.82) is 0 Å². The summed E-state index contributed by atoms with van der Waals surface area (Å²) in [5.41, 5.74) is -0.0762. The Labute approximate surface area is 79.2 Å². The van der Waals surface area contributed by atoms with Crippen molar-refractivity contribution in [2.24, 2.45) is 0 Å². The largest absolute Gasteiger partial charge is 0.388 e. The standard InChI is InChI=1S/C9H19NO3/c1-3-12-4-8(11)5-13-9(2)6-10-7-9/h8,10-11H,3-7H2,1-2H3. The molecule has 0 radical (unpaired) electrons. The third-order valence-corrected chi connectivity index (χ3v) is 2.14. The zero-order valence-electron chi connectivity index (χ0n) is 8.38. The molecule has 0 aromatic heterocycles. The first-order valence-electron chi connectivity index (χ1n) is 4.77. The zero-order valence-corrected chi connectivity index (χ0v) is 8.38. The summed E-state index contributed by atoms with van der Waals surface area (Å²) in [4.78, 5) is 0. The van der Waals surface area contributed by atoms with Crippen molar-refractivity contribution in [2.45, 2.75) is 25.6 Å². The lowest BCUT2D eigenvalue weighted by atomic mass is 10.0. The predicted octanol–water partition coefficient (Wildman–Crippen LogP) is -0.238. The van der Waals surface area contributed by atoms with Crippen molar-refractivity contribution in [3.8, 4) is 0 Å². The minimum Gasteiger partial charge on any atom is -0.388 e. The molecule has 0 aromatic carbocycles.